The van der Waals surface area contributed by atoms with Gasteiger partial charge in [0.1, 0.15) is 11.5 Å². The van der Waals surface area contributed by atoms with E-state index < -0.39 is 12.0 Å². The van der Waals surface area contributed by atoms with Crippen molar-refractivity contribution in [3.8, 4) is 11.5 Å². The Bertz CT molecular complexity index is 1570. The molecule has 2 heterocycles. The van der Waals surface area contributed by atoms with E-state index in [1.165, 1.54) is 11.3 Å². The summed E-state index contributed by atoms with van der Waals surface area (Å²) in [7, 11) is 0. The van der Waals surface area contributed by atoms with E-state index in [2.05, 4.69) is 20.9 Å². The van der Waals surface area contributed by atoms with E-state index in [9.17, 15) is 9.59 Å². The van der Waals surface area contributed by atoms with Crippen molar-refractivity contribution in [3.05, 3.63) is 88.0 Å². The average molecular weight is 620 g/mol. The Morgan fingerprint density at radius 2 is 1.82 bits per heavy atom. The third-order valence-electron chi connectivity index (χ3n) is 5.72. The number of carbonyl (C=O) groups excluding carboxylic acids is 1. The fourth-order valence-corrected chi connectivity index (χ4v) is 5.81. The summed E-state index contributed by atoms with van der Waals surface area (Å²) in [6, 6.07) is 10.0. The first kappa shape index (κ1) is 28.1. The standard InChI is InChI=1S/C28H28BrClN2O5S/c1-6-35-21-14-22(36-7-2)20(29)12-18(21)13-23-26(33)32-25(17-8-10-19(30)11-9-17)24(27(34)37-15(3)4)16(5)31-28(32)38-23/h8-15,25H,6-7H2,1-5H3/b23-13-/t25-/m0/s1. The highest BCUT2D eigenvalue weighted by Gasteiger charge is 2.33. The minimum Gasteiger partial charge on any atom is -0.493 e. The third-order valence-corrected chi connectivity index (χ3v) is 7.58. The largest absolute Gasteiger partial charge is 0.493 e. The Balaban J connectivity index is 1.93. The van der Waals surface area contributed by atoms with Crippen LogP contribution < -0.4 is 24.4 Å². The van der Waals surface area contributed by atoms with E-state index in [1.54, 1.807) is 49.6 Å². The van der Waals surface area contributed by atoms with Gasteiger partial charge in [-0.2, -0.15) is 0 Å². The highest BCUT2D eigenvalue weighted by atomic mass is 79.9. The van der Waals surface area contributed by atoms with Crippen LogP contribution in [-0.4, -0.2) is 29.9 Å². The first-order chi connectivity index (χ1) is 18.1. The van der Waals surface area contributed by atoms with Gasteiger partial charge >= 0.3 is 5.97 Å². The number of hydrogen-bond acceptors (Lipinski definition) is 7. The third kappa shape index (κ3) is 5.75. The molecule has 0 saturated heterocycles. The zero-order valence-electron chi connectivity index (χ0n) is 21.7. The van der Waals surface area contributed by atoms with Gasteiger partial charge < -0.3 is 14.2 Å². The molecule has 0 spiro atoms. The molecule has 1 aliphatic heterocycles. The molecule has 0 N–H and O–H groups in total. The van der Waals surface area contributed by atoms with Crippen LogP contribution in [0.15, 0.2) is 61.9 Å². The number of hydrogen-bond donors (Lipinski definition) is 0. The van der Waals surface area contributed by atoms with Gasteiger partial charge in [0, 0.05) is 16.7 Å². The number of allylic oxidation sites excluding steroid dienone is 1. The highest BCUT2D eigenvalue weighted by Crippen LogP contribution is 2.34. The Morgan fingerprint density at radius 3 is 2.45 bits per heavy atom. The summed E-state index contributed by atoms with van der Waals surface area (Å²) in [5.41, 5.74) is 1.99. The summed E-state index contributed by atoms with van der Waals surface area (Å²) in [5, 5.41) is 0.553. The molecule has 7 nitrogen and oxygen atoms in total. The minimum absolute atomic E-state index is 0.275. The molecule has 200 valence electrons. The number of carbonyl (C=O) groups is 1. The number of ether oxygens (including phenoxy) is 3. The van der Waals surface area contributed by atoms with Gasteiger partial charge in [0.2, 0.25) is 0 Å². The zero-order valence-corrected chi connectivity index (χ0v) is 24.9. The summed E-state index contributed by atoms with van der Waals surface area (Å²) in [5.74, 6) is 0.738. The van der Waals surface area contributed by atoms with Crippen molar-refractivity contribution in [1.82, 2.24) is 4.57 Å². The lowest BCUT2D eigenvalue weighted by molar-refractivity contribution is -0.143. The van der Waals surface area contributed by atoms with Gasteiger partial charge in [0.05, 0.1) is 45.6 Å². The van der Waals surface area contributed by atoms with Crippen LogP contribution in [0.1, 0.15) is 51.8 Å². The lowest BCUT2D eigenvalue weighted by Crippen LogP contribution is -2.40. The maximum absolute atomic E-state index is 13.9. The molecule has 2 aromatic carbocycles. The van der Waals surface area contributed by atoms with Crippen molar-refractivity contribution in [2.45, 2.75) is 46.8 Å². The highest BCUT2D eigenvalue weighted by molar-refractivity contribution is 9.10. The normalized spacial score (nSPS) is 15.4. The fourth-order valence-electron chi connectivity index (χ4n) is 4.17. The van der Waals surface area contributed by atoms with E-state index in [0.29, 0.717) is 55.9 Å². The summed E-state index contributed by atoms with van der Waals surface area (Å²) >= 11 is 10.9. The predicted octanol–water partition coefficient (Wildman–Crippen LogP) is 5.40. The van der Waals surface area contributed by atoms with E-state index >= 15 is 0 Å². The molecule has 0 saturated carbocycles. The molecular formula is C28H28BrClN2O5S. The molecule has 0 unspecified atom stereocenters. The molecule has 0 amide bonds. The van der Waals surface area contributed by atoms with Gasteiger partial charge in [-0.05, 0) is 80.4 Å². The lowest BCUT2D eigenvalue weighted by Gasteiger charge is -2.25. The Labute approximate surface area is 238 Å². The Hall–Kier alpha value is -2.88. The molecule has 0 aliphatic carbocycles. The summed E-state index contributed by atoms with van der Waals surface area (Å²) in [6.07, 6.45) is 1.45. The lowest BCUT2D eigenvalue weighted by atomic mass is 9.96. The number of thiazole rings is 1. The quantitative estimate of drug-likeness (QED) is 0.316. The molecule has 1 atom stereocenters. The number of rotatable bonds is 8. The molecule has 3 aromatic rings. The van der Waals surface area contributed by atoms with Crippen molar-refractivity contribution < 1.29 is 19.0 Å². The number of nitrogens with zero attached hydrogens (tertiary/aromatic N) is 2. The predicted molar refractivity (Wildman–Crippen MR) is 153 cm³/mol. The molecule has 4 rings (SSSR count). The Kier molecular flexibility index (Phi) is 8.80. The molecule has 1 aliphatic rings. The van der Waals surface area contributed by atoms with Crippen molar-refractivity contribution in [3.63, 3.8) is 0 Å². The second-order valence-corrected chi connectivity index (χ2v) is 11.1. The van der Waals surface area contributed by atoms with Crippen LogP contribution in [0.3, 0.4) is 0 Å². The van der Waals surface area contributed by atoms with Crippen LogP contribution in [0.5, 0.6) is 11.5 Å². The van der Waals surface area contributed by atoms with Crippen LogP contribution in [0.4, 0.5) is 0 Å². The van der Waals surface area contributed by atoms with Gasteiger partial charge in [0.25, 0.3) is 5.56 Å². The van der Waals surface area contributed by atoms with E-state index in [1.807, 2.05) is 32.0 Å². The minimum atomic E-state index is -0.713. The van der Waals surface area contributed by atoms with Crippen molar-refractivity contribution in [2.24, 2.45) is 4.99 Å². The average Bonchev–Trinajstić information content (AvgIpc) is 3.15. The number of fused-ring (bicyclic) bond motifs is 1. The molecule has 10 heteroatoms. The van der Waals surface area contributed by atoms with Gasteiger partial charge in [-0.3, -0.25) is 9.36 Å². The van der Waals surface area contributed by atoms with Gasteiger partial charge in [-0.15, -0.1) is 0 Å². The molecule has 0 radical (unpaired) electrons. The number of benzene rings is 2. The van der Waals surface area contributed by atoms with Crippen LogP contribution >= 0.6 is 38.9 Å². The van der Waals surface area contributed by atoms with Gasteiger partial charge in [0.15, 0.2) is 4.80 Å². The zero-order chi connectivity index (χ0) is 27.6. The summed E-state index contributed by atoms with van der Waals surface area (Å²) < 4.78 is 19.8. The number of halogens is 2. The van der Waals surface area contributed by atoms with Crippen molar-refractivity contribution >= 4 is 50.9 Å². The van der Waals surface area contributed by atoms with Crippen LogP contribution in [0.2, 0.25) is 5.02 Å². The first-order valence-electron chi connectivity index (χ1n) is 12.2. The monoisotopic (exact) mass is 618 g/mol. The molecule has 0 fully saturated rings. The topological polar surface area (TPSA) is 79.1 Å². The first-order valence-corrected chi connectivity index (χ1v) is 14.2. The van der Waals surface area contributed by atoms with Crippen LogP contribution in [-0.2, 0) is 9.53 Å². The van der Waals surface area contributed by atoms with E-state index in [-0.39, 0.29) is 11.7 Å². The van der Waals surface area contributed by atoms with Crippen molar-refractivity contribution in [1.29, 1.82) is 0 Å². The number of esters is 1. The Morgan fingerprint density at radius 1 is 1.16 bits per heavy atom. The summed E-state index contributed by atoms with van der Waals surface area (Å²) in [6.45, 7) is 10.1. The van der Waals surface area contributed by atoms with Crippen molar-refractivity contribution in [2.75, 3.05) is 13.2 Å². The molecule has 1 aromatic heterocycles. The maximum atomic E-state index is 13.9. The fraction of sp³-hybridized carbons (Fsp3) is 0.321. The van der Waals surface area contributed by atoms with Gasteiger partial charge in [-0.1, -0.05) is 35.1 Å². The van der Waals surface area contributed by atoms with E-state index in [4.69, 9.17) is 25.8 Å². The summed E-state index contributed by atoms with van der Waals surface area (Å²) in [4.78, 5) is 32.2. The second-order valence-electron chi connectivity index (χ2n) is 8.77. The second kappa shape index (κ2) is 11.9. The molecular weight excluding hydrogens is 592 g/mol. The van der Waals surface area contributed by atoms with Gasteiger partial charge in [-0.25, -0.2) is 9.79 Å². The number of aromatic nitrogens is 1. The smallest absolute Gasteiger partial charge is 0.338 e. The molecule has 38 heavy (non-hydrogen) atoms. The van der Waals surface area contributed by atoms with Crippen LogP contribution in [0, 0.1) is 0 Å². The van der Waals surface area contributed by atoms with E-state index in [0.717, 1.165) is 10.0 Å². The maximum Gasteiger partial charge on any atom is 0.338 e. The van der Waals surface area contributed by atoms with Crippen LogP contribution in [0.25, 0.3) is 6.08 Å². The SMILES string of the molecule is CCOc1cc(OCC)c(/C=c2\sc3n(c2=O)[C@@H](c2ccc(Cl)cc2)C(C(=O)OC(C)C)=C(C)N=3)cc1Br. The molecule has 0 bridgehead atoms.